The fourth-order valence-electron chi connectivity index (χ4n) is 5.03. The average Bonchev–Trinajstić information content (AvgIpc) is 3.11. The highest BCUT2D eigenvalue weighted by atomic mass is 31.1. The molecule has 0 aliphatic heterocycles. The highest BCUT2D eigenvalue weighted by Gasteiger charge is 2.28. The van der Waals surface area contributed by atoms with Crippen molar-refractivity contribution in [2.75, 3.05) is 39.6 Å². The van der Waals surface area contributed by atoms with Crippen molar-refractivity contribution in [3.63, 3.8) is 0 Å². The van der Waals surface area contributed by atoms with Crippen LogP contribution in [0.5, 0.6) is 34.5 Å². The van der Waals surface area contributed by atoms with Crippen molar-refractivity contribution >= 4 is 23.8 Å². The van der Waals surface area contributed by atoms with Crippen LogP contribution in [0.2, 0.25) is 0 Å². The smallest absolute Gasteiger partial charge is 0.131 e. The molecule has 6 nitrogen and oxygen atoms in total. The molecule has 0 bridgehead atoms. The summed E-state index contributed by atoms with van der Waals surface area (Å²) in [4.78, 5) is 0. The molecule has 0 saturated heterocycles. The Kier molecular flexibility index (Phi) is 19.8. The molecule has 0 amide bonds. The molecule has 0 atom stereocenters. The first-order valence-electron chi connectivity index (χ1n) is 19.1. The molecule has 0 unspecified atom stereocenters. The van der Waals surface area contributed by atoms with Crippen molar-refractivity contribution in [1.82, 2.24) is 0 Å². The Morgan fingerprint density at radius 1 is 0.347 bits per heavy atom. The van der Waals surface area contributed by atoms with Crippen molar-refractivity contribution < 1.29 is 28.4 Å². The Labute approximate surface area is 298 Å². The van der Waals surface area contributed by atoms with E-state index in [1.807, 2.05) is 0 Å². The lowest BCUT2D eigenvalue weighted by molar-refractivity contribution is 0.295. The van der Waals surface area contributed by atoms with Crippen molar-refractivity contribution in [1.29, 1.82) is 0 Å². The van der Waals surface area contributed by atoms with Crippen LogP contribution >= 0.6 is 7.92 Å². The summed E-state index contributed by atoms with van der Waals surface area (Å²) in [6, 6.07) is 19.1. The summed E-state index contributed by atoms with van der Waals surface area (Å²) in [6.45, 7) is 17.1. The Balaban J connectivity index is 2.26. The Hall–Kier alpha value is -3.11. The van der Waals surface area contributed by atoms with Gasteiger partial charge in [-0.25, -0.2) is 0 Å². The van der Waals surface area contributed by atoms with E-state index in [1.54, 1.807) is 0 Å². The van der Waals surface area contributed by atoms with Crippen LogP contribution in [0.15, 0.2) is 54.6 Å². The summed E-state index contributed by atoms with van der Waals surface area (Å²) in [6.07, 6.45) is 12.4. The molecule has 3 aromatic rings. The third-order valence-corrected chi connectivity index (χ3v) is 10.6. The lowest BCUT2D eigenvalue weighted by atomic mass is 10.3. The minimum atomic E-state index is -1.20. The lowest BCUT2D eigenvalue weighted by Gasteiger charge is -2.27. The van der Waals surface area contributed by atoms with E-state index in [4.69, 9.17) is 28.4 Å². The van der Waals surface area contributed by atoms with Crippen LogP contribution in [0.1, 0.15) is 119 Å². The molecule has 0 N–H and O–H groups in total. The van der Waals surface area contributed by atoms with Gasteiger partial charge in [0.25, 0.3) is 0 Å². The normalized spacial score (nSPS) is 11.1. The van der Waals surface area contributed by atoms with E-state index in [2.05, 4.69) is 96.1 Å². The molecule has 7 heteroatoms. The molecular formula is C42H63O6P. The van der Waals surface area contributed by atoms with Crippen molar-refractivity contribution in [3.8, 4) is 34.5 Å². The van der Waals surface area contributed by atoms with E-state index in [1.165, 1.54) is 0 Å². The van der Waals surface area contributed by atoms with Gasteiger partial charge >= 0.3 is 0 Å². The van der Waals surface area contributed by atoms with Gasteiger partial charge in [-0.15, -0.1) is 0 Å². The zero-order valence-corrected chi connectivity index (χ0v) is 32.2. The minimum Gasteiger partial charge on any atom is -0.493 e. The summed E-state index contributed by atoms with van der Waals surface area (Å²) in [5.41, 5.74) is 0. The second kappa shape index (κ2) is 24.1. The van der Waals surface area contributed by atoms with Gasteiger partial charge in [-0.2, -0.15) is 0 Å². The summed E-state index contributed by atoms with van der Waals surface area (Å²) in [5, 5.41) is 3.32. The molecule has 272 valence electrons. The first-order valence-corrected chi connectivity index (χ1v) is 20.4. The molecule has 0 aliphatic carbocycles. The number of hydrogen-bond acceptors (Lipinski definition) is 6. The first kappa shape index (κ1) is 40.3. The topological polar surface area (TPSA) is 55.4 Å². The van der Waals surface area contributed by atoms with E-state index in [9.17, 15) is 0 Å². The van der Waals surface area contributed by atoms with Crippen LogP contribution in [-0.2, 0) is 0 Å². The Bertz CT molecular complexity index is 1170. The molecular weight excluding hydrogens is 631 g/mol. The predicted octanol–water partition coefficient (Wildman–Crippen LogP) is 10.5. The Morgan fingerprint density at radius 2 is 0.592 bits per heavy atom. The summed E-state index contributed by atoms with van der Waals surface area (Å²) >= 11 is 0. The van der Waals surface area contributed by atoms with Crippen molar-refractivity contribution in [3.05, 3.63) is 54.6 Å². The van der Waals surface area contributed by atoms with Crippen LogP contribution in [0.25, 0.3) is 0 Å². The van der Waals surface area contributed by atoms with Crippen molar-refractivity contribution in [2.45, 2.75) is 119 Å². The van der Waals surface area contributed by atoms with E-state index in [0.29, 0.717) is 39.6 Å². The van der Waals surface area contributed by atoms with Gasteiger partial charge in [0.1, 0.15) is 34.5 Å². The fraction of sp³-hybridized carbons (Fsp3) is 0.571. The second-order valence-corrected chi connectivity index (χ2v) is 14.6. The Morgan fingerprint density at radius 3 is 0.837 bits per heavy atom. The van der Waals surface area contributed by atoms with Crippen LogP contribution in [0.4, 0.5) is 0 Å². The lowest BCUT2D eigenvalue weighted by Crippen LogP contribution is -2.26. The number of hydrogen-bond donors (Lipinski definition) is 0. The standard InChI is InChI=1S/C42H63O6P/c1-7-13-25-43-34-19-22-40(37(31-34)46-28-16-10-4)49(41-23-20-35(44-26-14-8-2)32-38(41)47-29-17-11-5)42-24-21-36(45-27-15-9-3)33-39(42)48-30-18-12-6/h19-24,31-33H,7-18,25-30H2,1-6H3. The number of benzene rings is 3. The predicted molar refractivity (Wildman–Crippen MR) is 208 cm³/mol. The number of rotatable bonds is 27. The van der Waals surface area contributed by atoms with Gasteiger partial charge in [-0.1, -0.05) is 80.1 Å². The van der Waals surface area contributed by atoms with E-state index >= 15 is 0 Å². The third-order valence-electron chi connectivity index (χ3n) is 8.08. The van der Waals surface area contributed by atoms with Gasteiger partial charge in [0, 0.05) is 34.1 Å². The SMILES string of the molecule is CCCCOc1ccc(P(c2ccc(OCCCC)cc2OCCCC)c2ccc(OCCCC)cc2OCCCC)c(OCCCC)c1. The van der Waals surface area contributed by atoms with Crippen molar-refractivity contribution in [2.24, 2.45) is 0 Å². The van der Waals surface area contributed by atoms with Gasteiger partial charge in [0.05, 0.1) is 39.6 Å². The van der Waals surface area contributed by atoms with Gasteiger partial charge in [-0.05, 0) is 82.8 Å². The molecule has 3 rings (SSSR count). The van der Waals surface area contributed by atoms with E-state index < -0.39 is 7.92 Å². The summed E-state index contributed by atoms with van der Waals surface area (Å²) < 4.78 is 38.4. The average molecular weight is 695 g/mol. The van der Waals surface area contributed by atoms with Gasteiger partial charge in [-0.3, -0.25) is 0 Å². The van der Waals surface area contributed by atoms with Crippen LogP contribution in [0.3, 0.4) is 0 Å². The maximum Gasteiger partial charge on any atom is 0.131 e. The van der Waals surface area contributed by atoms with Crippen LogP contribution in [0, 0.1) is 0 Å². The van der Waals surface area contributed by atoms with Gasteiger partial charge < -0.3 is 28.4 Å². The molecule has 49 heavy (non-hydrogen) atoms. The van der Waals surface area contributed by atoms with E-state index in [-0.39, 0.29) is 0 Å². The van der Waals surface area contributed by atoms with Crippen LogP contribution < -0.4 is 44.3 Å². The molecule has 0 spiro atoms. The molecule has 0 aromatic heterocycles. The minimum absolute atomic E-state index is 0.638. The molecule has 0 fully saturated rings. The highest BCUT2D eigenvalue weighted by Crippen LogP contribution is 2.44. The number of ether oxygens (including phenoxy) is 6. The molecule has 0 radical (unpaired) electrons. The summed E-state index contributed by atoms with van der Waals surface area (Å²) in [7, 11) is -1.20. The second-order valence-electron chi connectivity index (χ2n) is 12.4. The van der Waals surface area contributed by atoms with Crippen LogP contribution in [-0.4, -0.2) is 39.6 Å². The zero-order valence-electron chi connectivity index (χ0n) is 31.3. The quantitative estimate of drug-likeness (QED) is 0.0585. The third kappa shape index (κ3) is 13.6. The largest absolute Gasteiger partial charge is 0.493 e. The van der Waals surface area contributed by atoms with Gasteiger partial charge in [0.2, 0.25) is 0 Å². The van der Waals surface area contributed by atoms with Gasteiger partial charge in [0.15, 0.2) is 0 Å². The fourth-order valence-corrected chi connectivity index (χ4v) is 7.52. The highest BCUT2D eigenvalue weighted by molar-refractivity contribution is 7.80. The summed E-state index contributed by atoms with van der Waals surface area (Å²) in [5.74, 6) is 5.03. The molecule has 3 aromatic carbocycles. The molecule has 0 saturated carbocycles. The molecule has 0 aliphatic rings. The monoisotopic (exact) mass is 694 g/mol. The maximum atomic E-state index is 6.61. The first-order chi connectivity index (χ1) is 24.1. The molecule has 0 heterocycles. The number of unbranched alkanes of at least 4 members (excludes halogenated alkanes) is 6. The van der Waals surface area contributed by atoms with E-state index in [0.717, 1.165) is 127 Å². The zero-order chi connectivity index (χ0) is 35.1. The maximum absolute atomic E-state index is 6.61.